The number of halogens is 1. The molecule has 4 nitrogen and oxygen atoms in total. The van der Waals surface area contributed by atoms with Crippen molar-refractivity contribution in [2.24, 2.45) is 11.8 Å². The third-order valence-electron chi connectivity index (χ3n) is 4.34. The van der Waals surface area contributed by atoms with Crippen molar-refractivity contribution in [1.29, 1.82) is 0 Å². The van der Waals surface area contributed by atoms with Gasteiger partial charge in [-0.05, 0) is 43.0 Å². The first-order chi connectivity index (χ1) is 9.95. The van der Waals surface area contributed by atoms with Crippen LogP contribution in [0.15, 0.2) is 18.2 Å². The summed E-state index contributed by atoms with van der Waals surface area (Å²) in [5.74, 6) is 1.48. The topological polar surface area (TPSA) is 58.4 Å². The summed E-state index contributed by atoms with van der Waals surface area (Å²) in [7, 11) is 0. The van der Waals surface area contributed by atoms with Gasteiger partial charge >= 0.3 is 0 Å². The molecule has 21 heavy (non-hydrogen) atoms. The molecule has 1 amide bonds. The Hall–Kier alpha value is -1.26. The zero-order valence-electron chi connectivity index (χ0n) is 12.7. The Morgan fingerprint density at radius 3 is 2.86 bits per heavy atom. The molecule has 2 rings (SSSR count). The van der Waals surface area contributed by atoms with Crippen LogP contribution in [0.25, 0.3) is 0 Å². The summed E-state index contributed by atoms with van der Waals surface area (Å²) in [4.78, 5) is 14.4. The molecule has 0 bridgehead atoms. The molecule has 2 unspecified atom stereocenters. The minimum absolute atomic E-state index is 0.00653. The average Bonchev–Trinajstić information content (AvgIpc) is 2.43. The van der Waals surface area contributed by atoms with Crippen molar-refractivity contribution in [2.75, 3.05) is 30.7 Å². The van der Waals surface area contributed by atoms with Gasteiger partial charge in [0.1, 0.15) is 0 Å². The fraction of sp³-hybridized carbons (Fsp3) is 0.562. The first-order valence-corrected chi connectivity index (χ1v) is 7.90. The van der Waals surface area contributed by atoms with E-state index in [1.165, 1.54) is 6.42 Å². The second-order valence-corrected chi connectivity index (χ2v) is 6.49. The standard InChI is InChI=1S/C16H24ClN3O/c1-11-5-7-20(10-12(11)2)8-6-16(21)19-15-4-3-13(18)9-14(15)17/h3-4,9,11-12H,5-8,10,18H2,1-2H3,(H,19,21). The lowest BCUT2D eigenvalue weighted by Gasteiger charge is -2.35. The molecule has 1 fully saturated rings. The number of amides is 1. The predicted octanol–water partition coefficient (Wildman–Crippen LogP) is 3.23. The van der Waals surface area contributed by atoms with Crippen molar-refractivity contribution >= 4 is 28.9 Å². The number of hydrogen-bond donors (Lipinski definition) is 2. The van der Waals surface area contributed by atoms with Gasteiger partial charge in [0.25, 0.3) is 0 Å². The Morgan fingerprint density at radius 2 is 2.19 bits per heavy atom. The van der Waals surface area contributed by atoms with Gasteiger partial charge in [0.15, 0.2) is 0 Å². The normalized spacial score (nSPS) is 23.0. The van der Waals surface area contributed by atoms with Crippen LogP contribution in [0.2, 0.25) is 5.02 Å². The maximum atomic E-state index is 12.0. The second-order valence-electron chi connectivity index (χ2n) is 6.08. The smallest absolute Gasteiger partial charge is 0.225 e. The van der Waals surface area contributed by atoms with E-state index in [9.17, 15) is 4.79 Å². The van der Waals surface area contributed by atoms with E-state index in [1.807, 2.05) is 0 Å². The number of benzene rings is 1. The van der Waals surface area contributed by atoms with E-state index in [0.717, 1.165) is 25.6 Å². The highest BCUT2D eigenvalue weighted by atomic mass is 35.5. The maximum Gasteiger partial charge on any atom is 0.225 e. The van der Waals surface area contributed by atoms with Crippen LogP contribution in [0.4, 0.5) is 11.4 Å². The van der Waals surface area contributed by atoms with E-state index in [4.69, 9.17) is 17.3 Å². The van der Waals surface area contributed by atoms with E-state index in [2.05, 4.69) is 24.1 Å². The Kier molecular flexibility index (Phi) is 5.48. The van der Waals surface area contributed by atoms with Gasteiger partial charge in [-0.2, -0.15) is 0 Å². The number of carbonyl (C=O) groups is 1. The molecule has 0 aliphatic carbocycles. The summed E-state index contributed by atoms with van der Waals surface area (Å²) >= 11 is 6.05. The maximum absolute atomic E-state index is 12.0. The van der Waals surface area contributed by atoms with Gasteiger partial charge in [0.05, 0.1) is 10.7 Å². The van der Waals surface area contributed by atoms with Crippen molar-refractivity contribution in [3.05, 3.63) is 23.2 Å². The molecule has 2 atom stereocenters. The average molecular weight is 310 g/mol. The summed E-state index contributed by atoms with van der Waals surface area (Å²) in [6, 6.07) is 5.11. The summed E-state index contributed by atoms with van der Waals surface area (Å²) in [5.41, 5.74) is 6.85. The number of carbonyl (C=O) groups excluding carboxylic acids is 1. The molecule has 0 spiro atoms. The zero-order valence-corrected chi connectivity index (χ0v) is 13.5. The van der Waals surface area contributed by atoms with Gasteiger partial charge in [-0.1, -0.05) is 25.4 Å². The highest BCUT2D eigenvalue weighted by Crippen LogP contribution is 2.25. The van der Waals surface area contributed by atoms with Gasteiger partial charge in [-0.3, -0.25) is 4.79 Å². The van der Waals surface area contributed by atoms with Gasteiger partial charge in [0, 0.05) is 25.2 Å². The van der Waals surface area contributed by atoms with Crippen molar-refractivity contribution in [3.63, 3.8) is 0 Å². The van der Waals surface area contributed by atoms with E-state index in [0.29, 0.717) is 28.7 Å². The van der Waals surface area contributed by atoms with Crippen LogP contribution in [-0.2, 0) is 4.79 Å². The van der Waals surface area contributed by atoms with Gasteiger partial charge in [-0.25, -0.2) is 0 Å². The minimum atomic E-state index is -0.00653. The third-order valence-corrected chi connectivity index (χ3v) is 4.65. The first kappa shape index (κ1) is 16.1. The fourth-order valence-electron chi connectivity index (χ4n) is 2.66. The molecule has 3 N–H and O–H groups in total. The van der Waals surface area contributed by atoms with Crippen LogP contribution >= 0.6 is 11.6 Å². The number of nitrogens with zero attached hydrogens (tertiary/aromatic N) is 1. The Morgan fingerprint density at radius 1 is 1.43 bits per heavy atom. The van der Waals surface area contributed by atoms with Crippen molar-refractivity contribution in [1.82, 2.24) is 4.90 Å². The lowest BCUT2D eigenvalue weighted by Crippen LogP contribution is -2.39. The van der Waals surface area contributed by atoms with Crippen LogP contribution in [0.3, 0.4) is 0 Å². The Bertz CT molecular complexity index is 506. The van der Waals surface area contributed by atoms with E-state index in [1.54, 1.807) is 18.2 Å². The van der Waals surface area contributed by atoms with E-state index < -0.39 is 0 Å². The van der Waals surface area contributed by atoms with Crippen LogP contribution in [0.1, 0.15) is 26.7 Å². The Labute approximate surface area is 131 Å². The number of rotatable bonds is 4. The van der Waals surface area contributed by atoms with E-state index in [-0.39, 0.29) is 5.91 Å². The lowest BCUT2D eigenvalue weighted by molar-refractivity contribution is -0.116. The van der Waals surface area contributed by atoms with Crippen molar-refractivity contribution in [3.8, 4) is 0 Å². The van der Waals surface area contributed by atoms with Crippen molar-refractivity contribution < 1.29 is 4.79 Å². The summed E-state index contributed by atoms with van der Waals surface area (Å²) < 4.78 is 0. The van der Waals surface area contributed by atoms with Gasteiger partial charge in [0.2, 0.25) is 5.91 Å². The predicted molar refractivity (Wildman–Crippen MR) is 88.5 cm³/mol. The molecular weight excluding hydrogens is 286 g/mol. The molecule has 0 aromatic heterocycles. The summed E-state index contributed by atoms with van der Waals surface area (Å²) in [6.45, 7) is 7.55. The van der Waals surface area contributed by atoms with Crippen LogP contribution in [0.5, 0.6) is 0 Å². The monoisotopic (exact) mass is 309 g/mol. The quantitative estimate of drug-likeness (QED) is 0.840. The van der Waals surface area contributed by atoms with Gasteiger partial charge in [-0.15, -0.1) is 0 Å². The highest BCUT2D eigenvalue weighted by molar-refractivity contribution is 6.34. The molecule has 0 saturated carbocycles. The molecular formula is C16H24ClN3O. The summed E-state index contributed by atoms with van der Waals surface area (Å²) in [5, 5.41) is 3.32. The molecule has 1 saturated heterocycles. The third kappa shape index (κ3) is 4.61. The lowest BCUT2D eigenvalue weighted by atomic mass is 9.89. The minimum Gasteiger partial charge on any atom is -0.399 e. The molecule has 1 aliphatic heterocycles. The molecule has 5 heteroatoms. The summed E-state index contributed by atoms with van der Waals surface area (Å²) in [6.07, 6.45) is 1.70. The molecule has 1 aromatic carbocycles. The first-order valence-electron chi connectivity index (χ1n) is 7.53. The molecule has 1 heterocycles. The van der Waals surface area contributed by atoms with Gasteiger partial charge < -0.3 is 16.0 Å². The molecule has 116 valence electrons. The van der Waals surface area contributed by atoms with Crippen LogP contribution in [-0.4, -0.2) is 30.4 Å². The van der Waals surface area contributed by atoms with Crippen molar-refractivity contribution in [2.45, 2.75) is 26.7 Å². The zero-order chi connectivity index (χ0) is 15.4. The number of hydrogen-bond acceptors (Lipinski definition) is 3. The fourth-order valence-corrected chi connectivity index (χ4v) is 2.89. The SMILES string of the molecule is CC1CCN(CCC(=O)Nc2ccc(N)cc2Cl)CC1C. The van der Waals surface area contributed by atoms with Crippen LogP contribution in [0, 0.1) is 11.8 Å². The number of piperidine rings is 1. The largest absolute Gasteiger partial charge is 0.399 e. The number of likely N-dealkylation sites (tertiary alicyclic amines) is 1. The highest BCUT2D eigenvalue weighted by Gasteiger charge is 2.22. The number of anilines is 2. The number of nitrogens with one attached hydrogen (secondary N) is 1. The van der Waals surface area contributed by atoms with Crippen LogP contribution < -0.4 is 11.1 Å². The number of nitrogen functional groups attached to an aromatic ring is 1. The molecule has 0 radical (unpaired) electrons. The Balaban J connectivity index is 1.80. The second kappa shape index (κ2) is 7.14. The number of nitrogens with two attached hydrogens (primary N) is 1. The molecule has 1 aliphatic rings. The molecule has 1 aromatic rings. The van der Waals surface area contributed by atoms with E-state index >= 15 is 0 Å².